The first kappa shape index (κ1) is 22.0. The molecule has 3 aromatic carbocycles. The molecule has 0 atom stereocenters. The van der Waals surface area contributed by atoms with Crippen LogP contribution < -0.4 is 29.9 Å². The van der Waals surface area contributed by atoms with Gasteiger partial charge in [0, 0.05) is 5.56 Å². The van der Waals surface area contributed by atoms with Crippen molar-refractivity contribution in [1.82, 2.24) is 9.66 Å². The molecule has 4 aromatic rings. The van der Waals surface area contributed by atoms with E-state index in [2.05, 4.69) is 5.43 Å². The summed E-state index contributed by atoms with van der Waals surface area (Å²) < 4.78 is 23.2. The molecule has 0 unspecified atom stereocenters. The summed E-state index contributed by atoms with van der Waals surface area (Å²) >= 11 is 0. The molecule has 0 fully saturated rings. The maximum Gasteiger partial charge on any atom is 0.280 e. The van der Waals surface area contributed by atoms with Crippen LogP contribution in [0, 0.1) is 0 Å². The minimum atomic E-state index is -0.216. The molecule has 0 spiro atoms. The van der Waals surface area contributed by atoms with Gasteiger partial charge in [-0.25, -0.2) is 9.66 Å². The Morgan fingerprint density at radius 1 is 0.848 bits per heavy atom. The van der Waals surface area contributed by atoms with Crippen molar-refractivity contribution >= 4 is 10.9 Å². The van der Waals surface area contributed by atoms with E-state index in [-0.39, 0.29) is 5.56 Å². The van der Waals surface area contributed by atoms with E-state index in [4.69, 9.17) is 23.9 Å². The minimum absolute atomic E-state index is 0.216. The fraction of sp³-hybridized carbons (Fsp3) is 0.200. The second kappa shape index (κ2) is 9.52. The van der Waals surface area contributed by atoms with Gasteiger partial charge in [-0.15, -0.1) is 0 Å². The quantitative estimate of drug-likeness (QED) is 0.439. The van der Waals surface area contributed by atoms with Gasteiger partial charge in [0.1, 0.15) is 5.75 Å². The Labute approximate surface area is 191 Å². The van der Waals surface area contributed by atoms with Gasteiger partial charge in [-0.3, -0.25) is 4.79 Å². The van der Waals surface area contributed by atoms with Gasteiger partial charge in [0.25, 0.3) is 5.56 Å². The summed E-state index contributed by atoms with van der Waals surface area (Å²) in [5.41, 5.74) is 5.17. The summed E-state index contributed by atoms with van der Waals surface area (Å²) in [5.74, 6) is 2.55. The maximum atomic E-state index is 13.4. The highest BCUT2D eigenvalue weighted by Crippen LogP contribution is 2.40. The first-order valence-electron chi connectivity index (χ1n) is 10.3. The lowest BCUT2D eigenvalue weighted by Crippen LogP contribution is -2.31. The van der Waals surface area contributed by atoms with Crippen molar-refractivity contribution in [3.63, 3.8) is 0 Å². The number of methoxy groups -OCH3 is 4. The summed E-state index contributed by atoms with van der Waals surface area (Å²) in [7, 11) is 6.25. The molecule has 0 saturated heterocycles. The Balaban J connectivity index is 1.88. The number of nitrogens with one attached hydrogen (secondary N) is 1. The van der Waals surface area contributed by atoms with Crippen LogP contribution in [0.15, 0.2) is 65.5 Å². The molecule has 0 saturated carbocycles. The Morgan fingerprint density at radius 3 is 2.24 bits per heavy atom. The van der Waals surface area contributed by atoms with Crippen LogP contribution in [0.1, 0.15) is 5.56 Å². The van der Waals surface area contributed by atoms with E-state index in [0.717, 1.165) is 11.3 Å². The van der Waals surface area contributed by atoms with E-state index in [9.17, 15) is 4.79 Å². The zero-order valence-electron chi connectivity index (χ0n) is 18.9. The van der Waals surface area contributed by atoms with Gasteiger partial charge in [-0.1, -0.05) is 24.3 Å². The van der Waals surface area contributed by atoms with E-state index in [1.807, 2.05) is 42.5 Å². The van der Waals surface area contributed by atoms with Gasteiger partial charge < -0.3 is 24.4 Å². The number of hydrogen-bond acceptors (Lipinski definition) is 7. The maximum absolute atomic E-state index is 13.4. The van der Waals surface area contributed by atoms with Gasteiger partial charge >= 0.3 is 0 Å². The third-order valence-corrected chi connectivity index (χ3v) is 5.27. The van der Waals surface area contributed by atoms with Crippen molar-refractivity contribution in [3.05, 3.63) is 76.6 Å². The van der Waals surface area contributed by atoms with E-state index in [1.165, 1.54) is 4.68 Å². The number of aromatic nitrogens is 2. The van der Waals surface area contributed by atoms with Gasteiger partial charge in [-0.2, -0.15) is 0 Å². The largest absolute Gasteiger partial charge is 0.497 e. The first-order valence-corrected chi connectivity index (χ1v) is 10.3. The van der Waals surface area contributed by atoms with Gasteiger partial charge in [-0.05, 0) is 42.0 Å². The van der Waals surface area contributed by atoms with E-state index < -0.39 is 0 Å². The zero-order chi connectivity index (χ0) is 23.4. The van der Waals surface area contributed by atoms with E-state index in [0.29, 0.717) is 46.1 Å². The normalized spacial score (nSPS) is 10.7. The molecular weight excluding hydrogens is 422 g/mol. The number of nitrogens with zero attached hydrogens (tertiary/aromatic N) is 2. The Hall–Kier alpha value is -4.20. The van der Waals surface area contributed by atoms with Crippen LogP contribution in [-0.4, -0.2) is 38.1 Å². The summed E-state index contributed by atoms with van der Waals surface area (Å²) in [6.07, 6.45) is 0. The lowest BCUT2D eigenvalue weighted by Gasteiger charge is -2.18. The number of hydrogen-bond donors (Lipinski definition) is 1. The van der Waals surface area contributed by atoms with Crippen LogP contribution in [-0.2, 0) is 6.54 Å². The molecule has 1 aromatic heterocycles. The van der Waals surface area contributed by atoms with Crippen molar-refractivity contribution in [3.8, 4) is 34.4 Å². The second-order valence-corrected chi connectivity index (χ2v) is 7.19. The third-order valence-electron chi connectivity index (χ3n) is 5.27. The van der Waals surface area contributed by atoms with Crippen LogP contribution in [0.5, 0.6) is 23.0 Å². The molecule has 0 amide bonds. The monoisotopic (exact) mass is 447 g/mol. The van der Waals surface area contributed by atoms with Gasteiger partial charge in [0.05, 0.1) is 45.9 Å². The number of fused-ring (bicyclic) bond motifs is 1. The molecule has 8 heteroatoms. The fourth-order valence-corrected chi connectivity index (χ4v) is 3.64. The molecule has 0 aliphatic heterocycles. The SMILES string of the molecule is COc1cccc(CNn2c(-c3cc(OC)c(OC)c(OC)c3)nc3ccccc3c2=O)c1. The zero-order valence-corrected chi connectivity index (χ0v) is 18.9. The first-order chi connectivity index (χ1) is 16.1. The van der Waals surface area contributed by atoms with Crippen LogP contribution in [0.4, 0.5) is 0 Å². The third kappa shape index (κ3) is 4.27. The van der Waals surface area contributed by atoms with Gasteiger partial charge in [0.2, 0.25) is 5.75 Å². The molecule has 0 aliphatic carbocycles. The van der Waals surface area contributed by atoms with Crippen molar-refractivity contribution in [2.24, 2.45) is 0 Å². The highest BCUT2D eigenvalue weighted by atomic mass is 16.5. The molecule has 33 heavy (non-hydrogen) atoms. The van der Waals surface area contributed by atoms with Crippen molar-refractivity contribution in [2.45, 2.75) is 6.54 Å². The highest BCUT2D eigenvalue weighted by molar-refractivity contribution is 5.80. The Morgan fingerprint density at radius 2 is 1.58 bits per heavy atom. The smallest absolute Gasteiger partial charge is 0.280 e. The molecular formula is C25H25N3O5. The average Bonchev–Trinajstić information content (AvgIpc) is 2.87. The van der Waals surface area contributed by atoms with E-state index in [1.54, 1.807) is 46.6 Å². The van der Waals surface area contributed by atoms with Crippen molar-refractivity contribution < 1.29 is 18.9 Å². The van der Waals surface area contributed by atoms with Crippen LogP contribution in [0.3, 0.4) is 0 Å². The highest BCUT2D eigenvalue weighted by Gasteiger charge is 2.19. The molecule has 170 valence electrons. The van der Waals surface area contributed by atoms with Crippen molar-refractivity contribution in [1.29, 1.82) is 0 Å². The van der Waals surface area contributed by atoms with Gasteiger partial charge in [0.15, 0.2) is 17.3 Å². The topological polar surface area (TPSA) is 83.8 Å². The summed E-state index contributed by atoms with van der Waals surface area (Å²) in [6, 6.07) is 18.4. The standard InChI is InChI=1S/C25H25N3O5/c1-30-18-9-7-8-16(12-18)15-26-28-24(27-20-11-6-5-10-19(20)25(28)29)17-13-21(31-2)23(33-4)22(14-17)32-3/h5-14,26H,15H2,1-4H3. The minimum Gasteiger partial charge on any atom is -0.497 e. The molecule has 4 rings (SSSR count). The van der Waals surface area contributed by atoms with Crippen LogP contribution in [0.2, 0.25) is 0 Å². The number of ether oxygens (including phenoxy) is 4. The Bertz CT molecular complexity index is 1320. The Kier molecular flexibility index (Phi) is 6.35. The lowest BCUT2D eigenvalue weighted by molar-refractivity contribution is 0.324. The lowest BCUT2D eigenvalue weighted by atomic mass is 10.1. The summed E-state index contributed by atoms with van der Waals surface area (Å²) in [4.78, 5) is 18.2. The number of rotatable bonds is 8. The fourth-order valence-electron chi connectivity index (χ4n) is 3.64. The van der Waals surface area contributed by atoms with E-state index >= 15 is 0 Å². The average molecular weight is 447 g/mol. The molecule has 1 heterocycles. The summed E-state index contributed by atoms with van der Waals surface area (Å²) in [6.45, 7) is 0.383. The number of benzene rings is 3. The molecule has 0 radical (unpaired) electrons. The summed E-state index contributed by atoms with van der Waals surface area (Å²) in [5, 5.41) is 0.506. The molecule has 1 N–H and O–H groups in total. The molecule has 0 bridgehead atoms. The predicted molar refractivity (Wildman–Crippen MR) is 127 cm³/mol. The van der Waals surface area contributed by atoms with Crippen LogP contribution in [0.25, 0.3) is 22.3 Å². The van der Waals surface area contributed by atoms with Crippen LogP contribution >= 0.6 is 0 Å². The van der Waals surface area contributed by atoms with Crippen molar-refractivity contribution in [2.75, 3.05) is 33.9 Å². The molecule has 8 nitrogen and oxygen atoms in total. The predicted octanol–water partition coefficient (Wildman–Crippen LogP) is 3.84. The second-order valence-electron chi connectivity index (χ2n) is 7.19. The molecule has 0 aliphatic rings. The number of para-hydroxylation sites is 1.